The first kappa shape index (κ1) is 4.80. The predicted molar refractivity (Wildman–Crippen MR) is 33.4 cm³/mol. The third kappa shape index (κ3) is 0.510. The zero-order chi connectivity index (χ0) is 5.56. The summed E-state index contributed by atoms with van der Waals surface area (Å²) < 4.78 is 0. The van der Waals surface area contributed by atoms with Gasteiger partial charge in [-0.05, 0) is 43.6 Å². The highest BCUT2D eigenvalue weighted by Crippen LogP contribution is 2.54. The van der Waals surface area contributed by atoms with Crippen LogP contribution in [0.5, 0.6) is 0 Å². The average molecular weight is 111 g/mol. The molecule has 2 N–H and O–H groups in total. The van der Waals surface area contributed by atoms with E-state index in [1.165, 1.54) is 19.3 Å². The summed E-state index contributed by atoms with van der Waals surface area (Å²) in [5, 5.41) is 0. The minimum absolute atomic E-state index is 0.917. The third-order valence-electron chi connectivity index (χ3n) is 2.79. The molecule has 2 aliphatic carbocycles. The van der Waals surface area contributed by atoms with E-state index in [2.05, 4.69) is 0 Å². The highest BCUT2D eigenvalue weighted by molar-refractivity contribution is 4.97. The van der Waals surface area contributed by atoms with Crippen LogP contribution >= 0.6 is 0 Å². The smallest absolute Gasteiger partial charge is 0.00461 e. The molecule has 0 spiro atoms. The SMILES string of the molecule is NC[C@H]1CCC2CC21. The highest BCUT2D eigenvalue weighted by atomic mass is 14.6. The highest BCUT2D eigenvalue weighted by Gasteiger charge is 2.46. The van der Waals surface area contributed by atoms with Gasteiger partial charge in [-0.15, -0.1) is 0 Å². The largest absolute Gasteiger partial charge is 0.330 e. The fourth-order valence-corrected chi connectivity index (χ4v) is 2.12. The second-order valence-electron chi connectivity index (χ2n) is 3.23. The zero-order valence-corrected chi connectivity index (χ0v) is 5.14. The van der Waals surface area contributed by atoms with Gasteiger partial charge in [0.05, 0.1) is 0 Å². The van der Waals surface area contributed by atoms with Crippen molar-refractivity contribution in [3.63, 3.8) is 0 Å². The lowest BCUT2D eigenvalue weighted by molar-refractivity contribution is 0.492. The summed E-state index contributed by atoms with van der Waals surface area (Å²) in [5.74, 6) is 3.10. The van der Waals surface area contributed by atoms with Crippen LogP contribution < -0.4 is 5.73 Å². The van der Waals surface area contributed by atoms with Gasteiger partial charge in [-0.1, -0.05) is 0 Å². The molecule has 8 heavy (non-hydrogen) atoms. The van der Waals surface area contributed by atoms with Gasteiger partial charge in [-0.2, -0.15) is 0 Å². The Morgan fingerprint density at radius 1 is 1.38 bits per heavy atom. The van der Waals surface area contributed by atoms with Crippen LogP contribution in [-0.2, 0) is 0 Å². The van der Waals surface area contributed by atoms with Crippen molar-refractivity contribution in [2.24, 2.45) is 23.5 Å². The molecule has 0 aromatic carbocycles. The molecule has 0 radical (unpaired) electrons. The van der Waals surface area contributed by atoms with Crippen molar-refractivity contribution >= 4 is 0 Å². The molecular weight excluding hydrogens is 98.1 g/mol. The van der Waals surface area contributed by atoms with Crippen LogP contribution in [0.3, 0.4) is 0 Å². The molecule has 3 atom stereocenters. The van der Waals surface area contributed by atoms with Gasteiger partial charge in [-0.25, -0.2) is 0 Å². The van der Waals surface area contributed by atoms with Crippen LogP contribution in [0, 0.1) is 17.8 Å². The van der Waals surface area contributed by atoms with E-state index in [1.54, 1.807) is 0 Å². The first-order valence-corrected chi connectivity index (χ1v) is 3.62. The Morgan fingerprint density at radius 2 is 2.25 bits per heavy atom. The Morgan fingerprint density at radius 3 is 2.50 bits per heavy atom. The van der Waals surface area contributed by atoms with Gasteiger partial charge in [-0.3, -0.25) is 0 Å². The summed E-state index contributed by atoms with van der Waals surface area (Å²) in [6.45, 7) is 0.946. The molecule has 2 aliphatic rings. The molecule has 46 valence electrons. The molecule has 2 unspecified atom stereocenters. The molecule has 1 heteroatoms. The van der Waals surface area contributed by atoms with Gasteiger partial charge >= 0.3 is 0 Å². The number of fused-ring (bicyclic) bond motifs is 1. The van der Waals surface area contributed by atoms with E-state index >= 15 is 0 Å². The average Bonchev–Trinajstić information content (AvgIpc) is 2.46. The maximum atomic E-state index is 5.55. The molecule has 0 bridgehead atoms. The van der Waals surface area contributed by atoms with E-state index in [4.69, 9.17) is 5.73 Å². The number of hydrogen-bond donors (Lipinski definition) is 1. The van der Waals surface area contributed by atoms with E-state index in [9.17, 15) is 0 Å². The van der Waals surface area contributed by atoms with Gasteiger partial charge in [0.2, 0.25) is 0 Å². The van der Waals surface area contributed by atoms with E-state index < -0.39 is 0 Å². The van der Waals surface area contributed by atoms with Gasteiger partial charge in [0.1, 0.15) is 0 Å². The lowest BCUT2D eigenvalue weighted by atomic mass is 10.0. The number of rotatable bonds is 1. The number of hydrogen-bond acceptors (Lipinski definition) is 1. The van der Waals surface area contributed by atoms with Crippen molar-refractivity contribution < 1.29 is 0 Å². The molecule has 0 aromatic heterocycles. The third-order valence-corrected chi connectivity index (χ3v) is 2.79. The van der Waals surface area contributed by atoms with Crippen molar-refractivity contribution in [2.45, 2.75) is 19.3 Å². The lowest BCUT2D eigenvalue weighted by Gasteiger charge is -2.04. The summed E-state index contributed by atoms with van der Waals surface area (Å²) in [6, 6.07) is 0. The van der Waals surface area contributed by atoms with E-state index in [0.29, 0.717) is 0 Å². The Labute approximate surface area is 50.3 Å². The van der Waals surface area contributed by atoms with Crippen LogP contribution in [0.4, 0.5) is 0 Å². The predicted octanol–water partition coefficient (Wildman–Crippen LogP) is 0.991. The van der Waals surface area contributed by atoms with Gasteiger partial charge in [0, 0.05) is 0 Å². The maximum absolute atomic E-state index is 5.55. The second kappa shape index (κ2) is 1.47. The Kier molecular flexibility index (Phi) is 0.884. The Bertz CT molecular complexity index is 101. The van der Waals surface area contributed by atoms with Gasteiger partial charge < -0.3 is 5.73 Å². The minimum Gasteiger partial charge on any atom is -0.330 e. The summed E-state index contributed by atoms with van der Waals surface area (Å²) in [7, 11) is 0. The van der Waals surface area contributed by atoms with Crippen molar-refractivity contribution in [1.29, 1.82) is 0 Å². The molecule has 0 heterocycles. The summed E-state index contributed by atoms with van der Waals surface area (Å²) >= 11 is 0. The monoisotopic (exact) mass is 111 g/mol. The van der Waals surface area contributed by atoms with E-state index in [-0.39, 0.29) is 0 Å². The van der Waals surface area contributed by atoms with Crippen molar-refractivity contribution in [2.75, 3.05) is 6.54 Å². The number of nitrogens with two attached hydrogens (primary N) is 1. The lowest BCUT2D eigenvalue weighted by Crippen LogP contribution is -2.13. The van der Waals surface area contributed by atoms with Crippen LogP contribution in [-0.4, -0.2) is 6.54 Å². The molecule has 0 amide bonds. The van der Waals surface area contributed by atoms with Crippen LogP contribution in [0.15, 0.2) is 0 Å². The Balaban J connectivity index is 1.97. The maximum Gasteiger partial charge on any atom is -0.00461 e. The first-order valence-electron chi connectivity index (χ1n) is 3.62. The fourth-order valence-electron chi connectivity index (χ4n) is 2.12. The van der Waals surface area contributed by atoms with Crippen LogP contribution in [0.1, 0.15) is 19.3 Å². The topological polar surface area (TPSA) is 26.0 Å². The van der Waals surface area contributed by atoms with Gasteiger partial charge in [0.15, 0.2) is 0 Å². The molecule has 0 aromatic rings. The standard InChI is InChI=1S/C7H13N/c8-4-6-2-1-5-3-7(5)6/h5-7H,1-4,8H2/t5?,6-,7?/m1/s1. The van der Waals surface area contributed by atoms with E-state index in [0.717, 1.165) is 24.3 Å². The second-order valence-corrected chi connectivity index (χ2v) is 3.23. The minimum atomic E-state index is 0.917. The van der Waals surface area contributed by atoms with Crippen molar-refractivity contribution in [3.05, 3.63) is 0 Å². The van der Waals surface area contributed by atoms with Crippen molar-refractivity contribution in [1.82, 2.24) is 0 Å². The van der Waals surface area contributed by atoms with Crippen molar-refractivity contribution in [3.8, 4) is 0 Å². The normalized spacial score (nSPS) is 51.4. The first-order chi connectivity index (χ1) is 3.92. The summed E-state index contributed by atoms with van der Waals surface area (Å²) in [5.41, 5.74) is 5.55. The molecule has 2 saturated carbocycles. The van der Waals surface area contributed by atoms with E-state index in [1.807, 2.05) is 0 Å². The fraction of sp³-hybridized carbons (Fsp3) is 1.00. The zero-order valence-electron chi connectivity index (χ0n) is 5.14. The molecule has 0 saturated heterocycles. The molecule has 0 aliphatic heterocycles. The Hall–Kier alpha value is -0.0400. The molecular formula is C7H13N. The molecule has 2 fully saturated rings. The quantitative estimate of drug-likeness (QED) is 0.536. The summed E-state index contributed by atoms with van der Waals surface area (Å²) in [4.78, 5) is 0. The summed E-state index contributed by atoms with van der Waals surface area (Å²) in [6.07, 6.45) is 4.40. The molecule has 1 nitrogen and oxygen atoms in total. The van der Waals surface area contributed by atoms with Crippen LogP contribution in [0.2, 0.25) is 0 Å². The van der Waals surface area contributed by atoms with Gasteiger partial charge in [0.25, 0.3) is 0 Å². The molecule has 2 rings (SSSR count). The van der Waals surface area contributed by atoms with Crippen LogP contribution in [0.25, 0.3) is 0 Å².